The first-order chi connectivity index (χ1) is 11.5. The van der Waals surface area contributed by atoms with Crippen molar-refractivity contribution in [3.05, 3.63) is 18.2 Å². The summed E-state index contributed by atoms with van der Waals surface area (Å²) in [5, 5.41) is 2.74. The van der Waals surface area contributed by atoms with Crippen LogP contribution in [0.4, 0.5) is 5.69 Å². The number of nitrogens with one attached hydrogen (secondary N) is 1. The second-order valence-corrected chi connectivity index (χ2v) is 7.44. The molecule has 0 atom stereocenters. The summed E-state index contributed by atoms with van der Waals surface area (Å²) < 4.78 is 37.5. The molecule has 8 heteroatoms. The van der Waals surface area contributed by atoms with Crippen LogP contribution in [0.15, 0.2) is 23.1 Å². The molecular formula is C16H24N2O5S. The van der Waals surface area contributed by atoms with Crippen molar-refractivity contribution in [3.63, 3.8) is 0 Å². The molecule has 1 aromatic carbocycles. The number of ether oxygens (including phenoxy) is 2. The van der Waals surface area contributed by atoms with E-state index in [1.54, 1.807) is 12.1 Å². The van der Waals surface area contributed by atoms with Crippen molar-refractivity contribution < 1.29 is 22.7 Å². The molecule has 0 spiro atoms. The number of hydrogen-bond acceptors (Lipinski definition) is 5. The molecule has 0 bridgehead atoms. The molecule has 1 fully saturated rings. The SMILES string of the molecule is CCCCC(=O)Nc1ccc(OC)c(S(=O)(=O)N2CCOCC2)c1. The Bertz CT molecular complexity index is 669. The molecule has 1 aliphatic heterocycles. The summed E-state index contributed by atoms with van der Waals surface area (Å²) >= 11 is 0. The number of nitrogens with zero attached hydrogens (tertiary/aromatic N) is 1. The van der Waals surface area contributed by atoms with Gasteiger partial charge in [0.25, 0.3) is 0 Å². The summed E-state index contributed by atoms with van der Waals surface area (Å²) in [6, 6.07) is 4.65. The van der Waals surface area contributed by atoms with Gasteiger partial charge in [-0.15, -0.1) is 0 Å². The zero-order chi connectivity index (χ0) is 17.6. The van der Waals surface area contributed by atoms with E-state index >= 15 is 0 Å². The maximum Gasteiger partial charge on any atom is 0.246 e. The normalized spacial score (nSPS) is 15.9. The van der Waals surface area contributed by atoms with Crippen molar-refractivity contribution in [3.8, 4) is 5.75 Å². The van der Waals surface area contributed by atoms with E-state index in [9.17, 15) is 13.2 Å². The van der Waals surface area contributed by atoms with Crippen molar-refractivity contribution in [1.29, 1.82) is 0 Å². The highest BCUT2D eigenvalue weighted by molar-refractivity contribution is 7.89. The Morgan fingerprint density at radius 3 is 2.67 bits per heavy atom. The number of carbonyl (C=O) groups excluding carboxylic acids is 1. The summed E-state index contributed by atoms with van der Waals surface area (Å²) in [6.45, 7) is 3.36. The van der Waals surface area contributed by atoms with Crippen LogP contribution in [-0.4, -0.2) is 52.0 Å². The average Bonchev–Trinajstić information content (AvgIpc) is 2.60. The minimum absolute atomic E-state index is 0.0557. The molecule has 0 radical (unpaired) electrons. The van der Waals surface area contributed by atoms with E-state index in [0.717, 1.165) is 12.8 Å². The van der Waals surface area contributed by atoms with E-state index in [1.807, 2.05) is 6.92 Å². The number of unbranched alkanes of at least 4 members (excludes halogenated alkanes) is 1. The van der Waals surface area contributed by atoms with Crippen LogP contribution in [-0.2, 0) is 19.6 Å². The van der Waals surface area contributed by atoms with Crippen LogP contribution >= 0.6 is 0 Å². The Morgan fingerprint density at radius 1 is 1.33 bits per heavy atom. The van der Waals surface area contributed by atoms with Crippen LogP contribution in [0.3, 0.4) is 0 Å². The molecule has 1 aromatic rings. The second kappa shape index (κ2) is 8.46. The average molecular weight is 356 g/mol. The van der Waals surface area contributed by atoms with Gasteiger partial charge in [0.05, 0.1) is 20.3 Å². The van der Waals surface area contributed by atoms with Gasteiger partial charge < -0.3 is 14.8 Å². The highest BCUT2D eigenvalue weighted by Gasteiger charge is 2.29. The Kier molecular flexibility index (Phi) is 6.59. The largest absolute Gasteiger partial charge is 0.495 e. The highest BCUT2D eigenvalue weighted by atomic mass is 32.2. The number of rotatable bonds is 7. The lowest BCUT2D eigenvalue weighted by Gasteiger charge is -2.26. The van der Waals surface area contributed by atoms with Gasteiger partial charge in [-0.05, 0) is 24.6 Å². The molecule has 134 valence electrons. The highest BCUT2D eigenvalue weighted by Crippen LogP contribution is 2.30. The summed E-state index contributed by atoms with van der Waals surface area (Å²) in [5.41, 5.74) is 0.448. The van der Waals surface area contributed by atoms with E-state index in [4.69, 9.17) is 9.47 Å². The molecule has 0 aromatic heterocycles. The molecule has 0 unspecified atom stereocenters. The number of carbonyl (C=O) groups is 1. The summed E-state index contributed by atoms with van der Waals surface area (Å²) in [4.78, 5) is 11.9. The molecule has 0 saturated carbocycles. The second-order valence-electron chi connectivity index (χ2n) is 5.53. The van der Waals surface area contributed by atoms with Crippen LogP contribution in [0.1, 0.15) is 26.2 Å². The standard InChI is InChI=1S/C16H24N2O5S/c1-3-4-5-16(19)17-13-6-7-14(22-2)15(12-13)24(20,21)18-8-10-23-11-9-18/h6-7,12H,3-5,8-11H2,1-2H3,(H,17,19). The molecule has 1 amide bonds. The predicted molar refractivity (Wildman–Crippen MR) is 90.7 cm³/mol. The lowest BCUT2D eigenvalue weighted by Crippen LogP contribution is -2.40. The fourth-order valence-electron chi connectivity index (χ4n) is 2.44. The molecule has 2 rings (SSSR count). The number of hydrogen-bond donors (Lipinski definition) is 1. The van der Waals surface area contributed by atoms with E-state index in [-0.39, 0.29) is 16.6 Å². The minimum Gasteiger partial charge on any atom is -0.495 e. The van der Waals surface area contributed by atoms with Gasteiger partial charge in [0.2, 0.25) is 15.9 Å². The predicted octanol–water partition coefficient (Wildman–Crippen LogP) is 1.84. The smallest absolute Gasteiger partial charge is 0.246 e. The molecule has 1 aliphatic rings. The van der Waals surface area contributed by atoms with Crippen molar-refractivity contribution in [2.75, 3.05) is 38.7 Å². The van der Waals surface area contributed by atoms with Gasteiger partial charge in [-0.1, -0.05) is 13.3 Å². The zero-order valence-corrected chi connectivity index (χ0v) is 14.9. The Balaban J connectivity index is 2.26. The van der Waals surface area contributed by atoms with Crippen LogP contribution in [0.25, 0.3) is 0 Å². The van der Waals surface area contributed by atoms with Crippen molar-refractivity contribution >= 4 is 21.6 Å². The van der Waals surface area contributed by atoms with Gasteiger partial charge in [-0.3, -0.25) is 4.79 Å². The molecule has 7 nitrogen and oxygen atoms in total. The zero-order valence-electron chi connectivity index (χ0n) is 14.1. The Hall–Kier alpha value is -1.64. The first-order valence-corrected chi connectivity index (χ1v) is 9.49. The third-order valence-corrected chi connectivity index (χ3v) is 5.71. The van der Waals surface area contributed by atoms with E-state index in [1.165, 1.54) is 17.5 Å². The van der Waals surface area contributed by atoms with E-state index in [0.29, 0.717) is 38.4 Å². The maximum absolute atomic E-state index is 12.9. The van der Waals surface area contributed by atoms with Crippen LogP contribution < -0.4 is 10.1 Å². The number of methoxy groups -OCH3 is 1. The molecule has 24 heavy (non-hydrogen) atoms. The lowest BCUT2D eigenvalue weighted by molar-refractivity contribution is -0.116. The Morgan fingerprint density at radius 2 is 2.04 bits per heavy atom. The van der Waals surface area contributed by atoms with Crippen molar-refractivity contribution in [2.45, 2.75) is 31.1 Å². The number of morpholine rings is 1. The molecule has 0 aliphatic carbocycles. The van der Waals surface area contributed by atoms with Crippen LogP contribution in [0, 0.1) is 0 Å². The fraction of sp³-hybridized carbons (Fsp3) is 0.562. The summed E-state index contributed by atoms with van der Waals surface area (Å²) in [7, 11) is -2.28. The van der Waals surface area contributed by atoms with E-state index < -0.39 is 10.0 Å². The number of amides is 1. The van der Waals surface area contributed by atoms with Gasteiger partial charge >= 0.3 is 0 Å². The van der Waals surface area contributed by atoms with Crippen LogP contribution in [0.5, 0.6) is 5.75 Å². The van der Waals surface area contributed by atoms with Gasteiger partial charge in [0.1, 0.15) is 10.6 Å². The topological polar surface area (TPSA) is 84.9 Å². The first kappa shape index (κ1) is 18.7. The molecule has 1 heterocycles. The van der Waals surface area contributed by atoms with Crippen molar-refractivity contribution in [2.24, 2.45) is 0 Å². The third kappa shape index (κ3) is 4.46. The van der Waals surface area contributed by atoms with Crippen LogP contribution in [0.2, 0.25) is 0 Å². The Labute approximate surface area is 143 Å². The monoisotopic (exact) mass is 356 g/mol. The fourth-order valence-corrected chi connectivity index (χ4v) is 4.03. The minimum atomic E-state index is -3.70. The quantitative estimate of drug-likeness (QED) is 0.806. The van der Waals surface area contributed by atoms with Gasteiger partial charge in [-0.25, -0.2) is 8.42 Å². The summed E-state index contributed by atoms with van der Waals surface area (Å²) in [6.07, 6.45) is 2.13. The third-order valence-electron chi connectivity index (χ3n) is 3.79. The first-order valence-electron chi connectivity index (χ1n) is 8.05. The number of anilines is 1. The van der Waals surface area contributed by atoms with Gasteiger partial charge in [0.15, 0.2) is 0 Å². The number of benzene rings is 1. The molecular weight excluding hydrogens is 332 g/mol. The van der Waals surface area contributed by atoms with Gasteiger partial charge in [0, 0.05) is 25.2 Å². The maximum atomic E-state index is 12.9. The summed E-state index contributed by atoms with van der Waals surface area (Å²) in [5.74, 6) is 0.129. The molecule has 1 saturated heterocycles. The number of sulfonamides is 1. The van der Waals surface area contributed by atoms with Gasteiger partial charge in [-0.2, -0.15) is 4.31 Å². The lowest BCUT2D eigenvalue weighted by atomic mass is 10.2. The van der Waals surface area contributed by atoms with E-state index in [2.05, 4.69) is 5.32 Å². The van der Waals surface area contributed by atoms with Crippen molar-refractivity contribution in [1.82, 2.24) is 4.31 Å². The molecule has 1 N–H and O–H groups in total.